The van der Waals surface area contributed by atoms with Crippen LogP contribution in [0.3, 0.4) is 0 Å². The fourth-order valence-corrected chi connectivity index (χ4v) is 3.16. The second-order valence-corrected chi connectivity index (χ2v) is 7.09. The van der Waals surface area contributed by atoms with Gasteiger partial charge in [0.05, 0.1) is 5.25 Å². The van der Waals surface area contributed by atoms with E-state index in [1.165, 1.54) is 11.8 Å². The molecular weight excluding hydrogens is 309 g/mol. The zero-order valence-corrected chi connectivity index (χ0v) is 12.9. The van der Waals surface area contributed by atoms with E-state index in [9.17, 15) is 4.79 Å². The van der Waals surface area contributed by atoms with Crippen molar-refractivity contribution in [1.82, 2.24) is 0 Å². The molecule has 98 valence electrons. The molecule has 6 heteroatoms. The molecule has 0 heterocycles. The molecule has 0 saturated heterocycles. The molecule has 1 aliphatic rings. The summed E-state index contributed by atoms with van der Waals surface area (Å²) >= 11 is 18.3. The number of primary amides is 1. The Morgan fingerprint density at radius 3 is 2.72 bits per heavy atom. The summed E-state index contributed by atoms with van der Waals surface area (Å²) in [5.41, 5.74) is 6.28. The second kappa shape index (κ2) is 7.34. The highest BCUT2D eigenvalue weighted by atomic mass is 35.5. The zero-order chi connectivity index (χ0) is 13.7. The van der Waals surface area contributed by atoms with Crippen molar-refractivity contribution >= 4 is 57.3 Å². The number of amides is 1. The molecule has 0 aromatic carbocycles. The van der Waals surface area contributed by atoms with Crippen LogP contribution < -0.4 is 5.73 Å². The zero-order valence-electron chi connectivity index (χ0n) is 9.78. The minimum atomic E-state index is -0.381. The molecule has 0 aliphatic heterocycles. The smallest absolute Gasteiger partial charge is 0.231 e. The summed E-state index contributed by atoms with van der Waals surface area (Å²) in [5.74, 6) is -0.381. The van der Waals surface area contributed by atoms with Crippen molar-refractivity contribution in [2.75, 3.05) is 0 Å². The maximum Gasteiger partial charge on any atom is 0.231 e. The van der Waals surface area contributed by atoms with Gasteiger partial charge in [-0.05, 0) is 31.1 Å². The average Bonchev–Trinajstić information content (AvgIpc) is 2.38. The van der Waals surface area contributed by atoms with E-state index in [2.05, 4.69) is 0 Å². The Morgan fingerprint density at radius 1 is 1.50 bits per heavy atom. The van der Waals surface area contributed by atoms with Crippen LogP contribution in [0.5, 0.6) is 0 Å². The van der Waals surface area contributed by atoms with E-state index in [4.69, 9.17) is 41.2 Å². The normalized spacial score (nSPS) is 17.2. The number of thioether (sulfide) groups is 1. The number of hydrogen-bond acceptors (Lipinski definition) is 3. The molecule has 1 aliphatic carbocycles. The van der Waals surface area contributed by atoms with Gasteiger partial charge in [0.2, 0.25) is 5.91 Å². The lowest BCUT2D eigenvalue weighted by Gasteiger charge is -2.12. The lowest BCUT2D eigenvalue weighted by atomic mass is 10.1. The van der Waals surface area contributed by atoms with Crippen molar-refractivity contribution < 1.29 is 4.79 Å². The van der Waals surface area contributed by atoms with Gasteiger partial charge >= 0.3 is 0 Å². The number of rotatable bonds is 4. The molecule has 0 bridgehead atoms. The monoisotopic (exact) mass is 321 g/mol. The van der Waals surface area contributed by atoms with Gasteiger partial charge in [-0.2, -0.15) is 0 Å². The summed E-state index contributed by atoms with van der Waals surface area (Å²) in [6.07, 6.45) is 6.47. The van der Waals surface area contributed by atoms with Gasteiger partial charge in [0, 0.05) is 20.7 Å². The van der Waals surface area contributed by atoms with Crippen molar-refractivity contribution in [2.24, 2.45) is 5.73 Å². The third kappa shape index (κ3) is 5.57. The van der Waals surface area contributed by atoms with Crippen LogP contribution in [0.15, 0.2) is 33.9 Å². The molecule has 1 unspecified atom stereocenters. The second-order valence-electron chi connectivity index (χ2n) is 3.83. The van der Waals surface area contributed by atoms with E-state index in [-0.39, 0.29) is 11.2 Å². The first-order valence-electron chi connectivity index (χ1n) is 5.26. The number of allylic oxidation sites excluding steroid dienone is 6. The Morgan fingerprint density at radius 2 is 2.17 bits per heavy atom. The van der Waals surface area contributed by atoms with Crippen LogP contribution in [-0.4, -0.2) is 15.4 Å². The van der Waals surface area contributed by atoms with E-state index in [1.807, 2.05) is 12.2 Å². The highest BCUT2D eigenvalue weighted by Crippen LogP contribution is 2.28. The summed E-state index contributed by atoms with van der Waals surface area (Å²) in [5, 5.41) is 0.938. The van der Waals surface area contributed by atoms with Crippen LogP contribution in [0.25, 0.3) is 0 Å². The Hall–Kier alpha value is -0.290. The molecule has 18 heavy (non-hydrogen) atoms. The van der Waals surface area contributed by atoms with E-state index in [1.54, 1.807) is 13.0 Å². The largest absolute Gasteiger partial charge is 0.369 e. The SMILES string of the molecule is CC(=S)SC(CC1=CC=C(Cl)CC(Cl)=C1)C(N)=O. The average molecular weight is 322 g/mol. The van der Waals surface area contributed by atoms with E-state index >= 15 is 0 Å². The van der Waals surface area contributed by atoms with Crippen LogP contribution in [0.1, 0.15) is 19.8 Å². The van der Waals surface area contributed by atoms with Crippen molar-refractivity contribution in [3.63, 3.8) is 0 Å². The maximum absolute atomic E-state index is 11.4. The van der Waals surface area contributed by atoms with E-state index in [0.29, 0.717) is 27.1 Å². The topological polar surface area (TPSA) is 43.1 Å². The van der Waals surface area contributed by atoms with Gasteiger partial charge in [-0.15, -0.1) is 11.8 Å². The number of carbonyl (C=O) groups is 1. The van der Waals surface area contributed by atoms with Gasteiger partial charge in [-0.3, -0.25) is 4.79 Å². The first-order chi connectivity index (χ1) is 8.38. The molecule has 1 atom stereocenters. The Bertz CT molecular complexity index is 455. The fourth-order valence-electron chi connectivity index (χ4n) is 1.46. The first kappa shape index (κ1) is 15.8. The number of hydrogen-bond donors (Lipinski definition) is 1. The van der Waals surface area contributed by atoms with Crippen molar-refractivity contribution in [2.45, 2.75) is 25.0 Å². The Labute approximate surface area is 126 Å². The number of thiocarbonyl (C=S) groups is 1. The molecule has 2 nitrogen and oxygen atoms in total. The molecule has 0 fully saturated rings. The summed E-state index contributed by atoms with van der Waals surface area (Å²) in [6, 6.07) is 0. The van der Waals surface area contributed by atoms with Gasteiger partial charge in [0.1, 0.15) is 0 Å². The molecule has 1 amide bonds. The Balaban J connectivity index is 2.83. The number of carbonyl (C=O) groups excluding carboxylic acids is 1. The summed E-state index contributed by atoms with van der Waals surface area (Å²) in [6.45, 7) is 1.77. The minimum absolute atomic E-state index is 0.375. The predicted molar refractivity (Wildman–Crippen MR) is 84.0 cm³/mol. The number of nitrogens with two attached hydrogens (primary N) is 1. The number of halogens is 2. The van der Waals surface area contributed by atoms with Crippen LogP contribution in [0.4, 0.5) is 0 Å². The van der Waals surface area contributed by atoms with E-state index < -0.39 is 0 Å². The molecule has 0 saturated carbocycles. The Kier molecular flexibility index (Phi) is 6.43. The standard InChI is InChI=1S/C12H13Cl2NOS2/c1-7(17)18-11(12(15)16)5-8-2-3-9(13)6-10(14)4-8/h2-4,11H,5-6H2,1H3,(H2,15,16). The van der Waals surface area contributed by atoms with Gasteiger partial charge in [0.25, 0.3) is 0 Å². The van der Waals surface area contributed by atoms with Crippen LogP contribution in [-0.2, 0) is 4.79 Å². The fraction of sp³-hybridized carbons (Fsp3) is 0.333. The molecule has 0 aromatic heterocycles. The quantitative estimate of drug-likeness (QED) is 0.799. The minimum Gasteiger partial charge on any atom is -0.369 e. The third-order valence-corrected chi connectivity index (χ3v) is 4.01. The highest BCUT2D eigenvalue weighted by Gasteiger charge is 2.18. The molecule has 1 rings (SSSR count). The maximum atomic E-state index is 11.4. The van der Waals surface area contributed by atoms with Crippen molar-refractivity contribution in [3.05, 3.63) is 33.9 Å². The molecular formula is C12H13Cl2NOS2. The van der Waals surface area contributed by atoms with Crippen molar-refractivity contribution in [3.8, 4) is 0 Å². The van der Waals surface area contributed by atoms with E-state index in [0.717, 1.165) is 5.57 Å². The van der Waals surface area contributed by atoms with Gasteiger partial charge in [-0.25, -0.2) is 0 Å². The predicted octanol–water partition coefficient (Wildman–Crippen LogP) is 3.89. The summed E-state index contributed by atoms with van der Waals surface area (Å²) in [7, 11) is 0. The molecule has 0 radical (unpaired) electrons. The molecule has 2 N–H and O–H groups in total. The molecule has 0 spiro atoms. The first-order valence-corrected chi connectivity index (χ1v) is 7.30. The van der Waals surface area contributed by atoms with Gasteiger partial charge < -0.3 is 5.73 Å². The summed E-state index contributed by atoms with van der Waals surface area (Å²) < 4.78 is 0.691. The highest BCUT2D eigenvalue weighted by molar-refractivity contribution is 8.23. The van der Waals surface area contributed by atoms with Gasteiger partial charge in [0.15, 0.2) is 0 Å². The summed E-state index contributed by atoms with van der Waals surface area (Å²) in [4.78, 5) is 11.4. The van der Waals surface area contributed by atoms with Crippen molar-refractivity contribution in [1.29, 1.82) is 0 Å². The lowest BCUT2D eigenvalue weighted by Crippen LogP contribution is -2.26. The van der Waals surface area contributed by atoms with Crippen LogP contribution in [0.2, 0.25) is 0 Å². The van der Waals surface area contributed by atoms with Gasteiger partial charge in [-0.1, -0.05) is 41.5 Å². The lowest BCUT2D eigenvalue weighted by molar-refractivity contribution is -0.117. The van der Waals surface area contributed by atoms with Crippen LogP contribution >= 0.6 is 47.2 Å². The third-order valence-electron chi connectivity index (χ3n) is 2.20. The van der Waals surface area contributed by atoms with Crippen LogP contribution in [0, 0.1) is 0 Å². The molecule has 0 aromatic rings.